The third kappa shape index (κ3) is 5.77. The first-order chi connectivity index (χ1) is 22.3. The zero-order valence-corrected chi connectivity index (χ0v) is 27.9. The number of imide groups is 1. The Bertz CT molecular complexity index is 1690. The van der Waals surface area contributed by atoms with Gasteiger partial charge < -0.3 is 14.5 Å². The number of ether oxygens (including phenoxy) is 1. The van der Waals surface area contributed by atoms with E-state index < -0.39 is 23.1 Å². The molecule has 3 amide bonds. The number of esters is 1. The first-order valence-corrected chi connectivity index (χ1v) is 17.6. The number of hydrogen-bond acceptors (Lipinski definition) is 9. The first-order valence-electron chi connectivity index (χ1n) is 15.9. The van der Waals surface area contributed by atoms with Crippen LogP contribution in [-0.2, 0) is 25.7 Å². The highest BCUT2D eigenvalue weighted by Crippen LogP contribution is 2.54. The van der Waals surface area contributed by atoms with E-state index in [9.17, 15) is 24.0 Å². The molecule has 0 radical (unpaired) electrons. The number of fused-ring (bicyclic) bond motifs is 2. The van der Waals surface area contributed by atoms with Crippen molar-refractivity contribution >= 4 is 58.2 Å². The van der Waals surface area contributed by atoms with Crippen LogP contribution in [0.4, 0.5) is 11.4 Å². The number of rotatable bonds is 9. The third-order valence-electron chi connectivity index (χ3n) is 9.07. The maximum atomic E-state index is 14.3. The molecule has 12 heteroatoms. The number of anilines is 2. The van der Waals surface area contributed by atoms with Crippen LogP contribution in [0.25, 0.3) is 0 Å². The fourth-order valence-corrected chi connectivity index (χ4v) is 9.46. The number of amides is 3. The molecule has 3 unspecified atom stereocenters. The van der Waals surface area contributed by atoms with Crippen LogP contribution in [0.5, 0.6) is 0 Å². The lowest BCUT2D eigenvalue weighted by Gasteiger charge is -2.31. The van der Waals surface area contributed by atoms with Gasteiger partial charge in [-0.15, -0.1) is 0 Å². The number of aromatic nitrogens is 1. The topological polar surface area (TPSA) is 109 Å². The first kappa shape index (κ1) is 32.1. The van der Waals surface area contributed by atoms with Gasteiger partial charge in [-0.05, 0) is 82.0 Å². The van der Waals surface area contributed by atoms with Gasteiger partial charge in [0.1, 0.15) is 11.8 Å². The number of likely N-dealkylation sites (tertiary alicyclic amines) is 1. The molecule has 46 heavy (non-hydrogen) atoms. The van der Waals surface area contributed by atoms with E-state index in [2.05, 4.69) is 18.7 Å². The molecule has 3 aliphatic heterocycles. The highest BCUT2D eigenvalue weighted by Gasteiger charge is 2.57. The lowest BCUT2D eigenvalue weighted by atomic mass is 9.83. The normalized spacial score (nSPS) is 20.8. The lowest BCUT2D eigenvalue weighted by molar-refractivity contribution is -0.133. The van der Waals surface area contributed by atoms with Gasteiger partial charge in [-0.25, -0.2) is 9.69 Å². The largest absolute Gasteiger partial charge is 0.462 e. The van der Waals surface area contributed by atoms with Gasteiger partial charge in [0.25, 0.3) is 0 Å². The van der Waals surface area contributed by atoms with Crippen molar-refractivity contribution in [3.05, 3.63) is 74.2 Å². The van der Waals surface area contributed by atoms with Crippen LogP contribution < -0.4 is 14.7 Å². The van der Waals surface area contributed by atoms with E-state index in [4.69, 9.17) is 4.74 Å². The molecule has 2 saturated heterocycles. The van der Waals surface area contributed by atoms with Crippen LogP contribution in [0, 0.1) is 5.92 Å². The minimum Gasteiger partial charge on any atom is -0.462 e. The smallest absolute Gasteiger partial charge is 0.338 e. The molecule has 1 aromatic heterocycles. The zero-order valence-electron chi connectivity index (χ0n) is 26.3. The Morgan fingerprint density at radius 3 is 2.20 bits per heavy atom. The second-order valence-electron chi connectivity index (χ2n) is 11.6. The number of carbonyl (C=O) groups is 4. The van der Waals surface area contributed by atoms with Gasteiger partial charge in [0.2, 0.25) is 17.7 Å². The Hall–Kier alpha value is -3.90. The summed E-state index contributed by atoms with van der Waals surface area (Å²) in [7, 11) is 0. The van der Waals surface area contributed by atoms with Gasteiger partial charge in [0.15, 0.2) is 0 Å². The van der Waals surface area contributed by atoms with Crippen molar-refractivity contribution < 1.29 is 23.9 Å². The molecule has 2 aromatic carbocycles. The van der Waals surface area contributed by atoms with Crippen molar-refractivity contribution in [2.75, 3.05) is 42.6 Å². The van der Waals surface area contributed by atoms with E-state index in [0.717, 1.165) is 54.9 Å². The summed E-state index contributed by atoms with van der Waals surface area (Å²) in [6.45, 7) is 9.09. The number of benzene rings is 2. The summed E-state index contributed by atoms with van der Waals surface area (Å²) in [6.07, 6.45) is 2.97. The van der Waals surface area contributed by atoms with Gasteiger partial charge in [-0.3, -0.25) is 23.7 Å². The van der Waals surface area contributed by atoms with E-state index in [-0.39, 0.29) is 35.7 Å². The van der Waals surface area contributed by atoms with E-state index in [1.165, 1.54) is 21.2 Å². The second-order valence-corrected chi connectivity index (χ2v) is 13.8. The Morgan fingerprint density at radius 2 is 1.57 bits per heavy atom. The molecule has 0 saturated carbocycles. The van der Waals surface area contributed by atoms with Gasteiger partial charge in [-0.1, -0.05) is 35.2 Å². The van der Waals surface area contributed by atoms with Crippen LogP contribution in [0.3, 0.4) is 0 Å². The number of thioether (sulfide) groups is 1. The minimum absolute atomic E-state index is 0.0934. The van der Waals surface area contributed by atoms with Crippen LogP contribution in [-0.4, -0.2) is 71.2 Å². The SMILES string of the molecule is CCOC(=O)c1ccc(N2C(=O)C3Sc4c(sc(=O)n4CC(=O)N4CCCCC4)C(c4ccc(N(CC)CC)cc4)C3C2=O)cc1. The van der Waals surface area contributed by atoms with Crippen LogP contribution in [0.15, 0.2) is 58.4 Å². The van der Waals surface area contributed by atoms with Gasteiger partial charge in [0, 0.05) is 42.7 Å². The molecule has 0 bridgehead atoms. The van der Waals surface area contributed by atoms with Crippen molar-refractivity contribution in [1.82, 2.24) is 9.47 Å². The molecule has 0 N–H and O–H groups in total. The zero-order chi connectivity index (χ0) is 32.5. The molecule has 0 spiro atoms. The van der Waals surface area contributed by atoms with Crippen molar-refractivity contribution in [2.45, 2.75) is 62.8 Å². The fraction of sp³-hybridized carbons (Fsp3) is 0.441. The lowest BCUT2D eigenvalue weighted by Crippen LogP contribution is -2.39. The number of thiazole rings is 1. The van der Waals surface area contributed by atoms with Crippen LogP contribution in [0.1, 0.15) is 66.8 Å². The van der Waals surface area contributed by atoms with Crippen molar-refractivity contribution in [3.63, 3.8) is 0 Å². The summed E-state index contributed by atoms with van der Waals surface area (Å²) in [6, 6.07) is 14.3. The highest BCUT2D eigenvalue weighted by molar-refractivity contribution is 8.00. The van der Waals surface area contributed by atoms with E-state index in [1.54, 1.807) is 31.2 Å². The van der Waals surface area contributed by atoms with Crippen molar-refractivity contribution in [1.29, 1.82) is 0 Å². The highest BCUT2D eigenvalue weighted by atomic mass is 32.2. The maximum Gasteiger partial charge on any atom is 0.338 e. The Balaban J connectivity index is 1.39. The number of nitrogens with zero attached hydrogens (tertiary/aromatic N) is 4. The summed E-state index contributed by atoms with van der Waals surface area (Å²) in [5.74, 6) is -2.62. The number of piperidine rings is 1. The summed E-state index contributed by atoms with van der Waals surface area (Å²) < 4.78 is 6.58. The minimum atomic E-state index is -0.789. The molecule has 3 atom stereocenters. The van der Waals surface area contributed by atoms with Crippen LogP contribution in [0.2, 0.25) is 0 Å². The van der Waals surface area contributed by atoms with Gasteiger partial charge in [0.05, 0.1) is 28.8 Å². The molecule has 2 fully saturated rings. The van der Waals surface area contributed by atoms with Crippen LogP contribution >= 0.6 is 23.1 Å². The molecular formula is C34H38N4O6S2. The fourth-order valence-electron chi connectivity index (χ4n) is 6.69. The predicted molar refractivity (Wildman–Crippen MR) is 179 cm³/mol. The summed E-state index contributed by atoms with van der Waals surface area (Å²) >= 11 is 2.27. The number of hydrogen-bond donors (Lipinski definition) is 0. The van der Waals surface area contributed by atoms with Gasteiger partial charge >= 0.3 is 10.8 Å². The predicted octanol–water partition coefficient (Wildman–Crippen LogP) is 4.74. The summed E-state index contributed by atoms with van der Waals surface area (Å²) in [5.41, 5.74) is 2.58. The quantitative estimate of drug-likeness (QED) is 0.239. The monoisotopic (exact) mass is 662 g/mol. The molecule has 3 aliphatic rings. The van der Waals surface area contributed by atoms with E-state index in [1.807, 2.05) is 29.2 Å². The van der Waals surface area contributed by atoms with Crippen molar-refractivity contribution in [2.24, 2.45) is 5.92 Å². The Morgan fingerprint density at radius 1 is 0.891 bits per heavy atom. The molecule has 4 heterocycles. The third-order valence-corrected chi connectivity index (χ3v) is 11.7. The standard InChI is InChI=1S/C34H38N4O6S2/c1-4-35(5-2)23-14-10-21(11-15-23)26-27-28(31(41)38(30(27)40)24-16-12-22(13-17-24)33(42)44-6-3)45-32-29(26)46-34(43)37(32)20-25(39)36-18-8-7-9-19-36/h10-17,26-28H,4-9,18-20H2,1-3H3. The second kappa shape index (κ2) is 13.4. The summed E-state index contributed by atoms with van der Waals surface area (Å²) in [5, 5.41) is -0.206. The molecular weight excluding hydrogens is 625 g/mol. The average molecular weight is 663 g/mol. The molecule has 242 valence electrons. The Labute approximate surface area is 276 Å². The molecule has 3 aromatic rings. The van der Waals surface area contributed by atoms with Gasteiger partial charge in [-0.2, -0.15) is 0 Å². The molecule has 10 nitrogen and oxygen atoms in total. The molecule has 0 aliphatic carbocycles. The van der Waals surface area contributed by atoms with Crippen molar-refractivity contribution in [3.8, 4) is 0 Å². The molecule has 6 rings (SSSR count). The van der Waals surface area contributed by atoms with E-state index in [0.29, 0.717) is 34.2 Å². The van der Waals surface area contributed by atoms with E-state index >= 15 is 0 Å². The Kier molecular flexibility index (Phi) is 9.37. The number of carbonyl (C=O) groups excluding carboxylic acids is 4. The average Bonchev–Trinajstić information content (AvgIpc) is 3.52. The summed E-state index contributed by atoms with van der Waals surface area (Å²) in [4.78, 5) is 73.1. The maximum absolute atomic E-state index is 14.3.